The molecule has 0 bridgehead atoms. The van der Waals surface area contributed by atoms with Gasteiger partial charge in [-0.15, -0.1) is 11.3 Å². The van der Waals surface area contributed by atoms with Gasteiger partial charge in [-0.05, 0) is 32.6 Å². The number of ketones is 1. The van der Waals surface area contributed by atoms with E-state index < -0.39 is 0 Å². The zero-order valence-electron chi connectivity index (χ0n) is 13.0. The summed E-state index contributed by atoms with van der Waals surface area (Å²) in [5.74, 6) is 0.316. The summed E-state index contributed by atoms with van der Waals surface area (Å²) in [4.78, 5) is 24.6. The Kier molecular flexibility index (Phi) is 4.27. The van der Waals surface area contributed by atoms with Gasteiger partial charge in [0.1, 0.15) is 5.00 Å². The molecule has 1 aromatic heterocycles. The van der Waals surface area contributed by atoms with Gasteiger partial charge in [-0.3, -0.25) is 9.59 Å². The molecule has 0 atom stereocenters. The van der Waals surface area contributed by atoms with Crippen molar-refractivity contribution in [2.45, 2.75) is 45.6 Å². The second kappa shape index (κ2) is 5.67. The Bertz CT molecular complexity index is 574. The number of carbonyl (C=O) groups is 2. The molecule has 0 aromatic carbocycles. The molecule has 1 aliphatic rings. The zero-order chi connectivity index (χ0) is 15.8. The molecule has 6 heteroatoms. The summed E-state index contributed by atoms with van der Waals surface area (Å²) in [6.45, 7) is 6.04. The van der Waals surface area contributed by atoms with Gasteiger partial charge in [0.25, 0.3) is 5.91 Å². The Labute approximate surface area is 129 Å². The van der Waals surface area contributed by atoms with Gasteiger partial charge in [0.2, 0.25) is 0 Å². The molecule has 5 nitrogen and oxygen atoms in total. The van der Waals surface area contributed by atoms with E-state index in [2.05, 4.69) is 24.5 Å². The normalized spacial score (nSPS) is 14.9. The molecule has 0 aliphatic heterocycles. The molecule has 0 radical (unpaired) electrons. The fraction of sp³-hybridized carbons (Fsp3) is 0.600. The summed E-state index contributed by atoms with van der Waals surface area (Å²) >= 11 is 1.29. The molecule has 1 aliphatic carbocycles. The fourth-order valence-electron chi connectivity index (χ4n) is 2.45. The molecule has 2 rings (SSSR count). The minimum absolute atomic E-state index is 0.0278. The van der Waals surface area contributed by atoms with Crippen molar-refractivity contribution in [3.05, 3.63) is 10.4 Å². The largest absolute Gasteiger partial charge is 0.397 e. The molecule has 0 saturated heterocycles. The number of anilines is 2. The predicted molar refractivity (Wildman–Crippen MR) is 87.2 cm³/mol. The molecule has 1 aromatic rings. The maximum Gasteiger partial charge on any atom is 0.256 e. The van der Waals surface area contributed by atoms with Crippen molar-refractivity contribution in [3.8, 4) is 0 Å². The third-order valence-electron chi connectivity index (χ3n) is 4.01. The first-order valence-electron chi connectivity index (χ1n) is 7.27. The topological polar surface area (TPSA) is 84.2 Å². The zero-order valence-corrected chi connectivity index (χ0v) is 13.8. The first kappa shape index (κ1) is 15.8. The lowest BCUT2D eigenvalue weighted by Crippen LogP contribution is -2.34. The predicted octanol–water partition coefficient (Wildman–Crippen LogP) is 2.88. The summed E-state index contributed by atoms with van der Waals surface area (Å²) in [6.07, 6.45) is 2.76. The number of thiophene rings is 1. The lowest BCUT2D eigenvalue weighted by atomic mass is 9.98. The molecular formula is C15H23N3O2S. The van der Waals surface area contributed by atoms with Gasteiger partial charge in [-0.1, -0.05) is 6.92 Å². The number of nitrogens with two attached hydrogens (primary N) is 1. The first-order chi connectivity index (χ1) is 9.81. The van der Waals surface area contributed by atoms with Crippen molar-refractivity contribution in [1.82, 2.24) is 5.32 Å². The Hall–Kier alpha value is -1.56. The highest BCUT2D eigenvalue weighted by Crippen LogP contribution is 2.44. The van der Waals surface area contributed by atoms with Crippen LogP contribution in [0.4, 0.5) is 10.7 Å². The highest BCUT2D eigenvalue weighted by atomic mass is 32.1. The van der Waals surface area contributed by atoms with Crippen LogP contribution >= 0.6 is 11.3 Å². The molecule has 116 valence electrons. The second-order valence-corrected chi connectivity index (χ2v) is 7.05. The Morgan fingerprint density at radius 1 is 1.38 bits per heavy atom. The summed E-state index contributed by atoms with van der Waals surface area (Å²) in [7, 11) is 1.57. The van der Waals surface area contributed by atoms with E-state index in [1.165, 1.54) is 24.2 Å². The van der Waals surface area contributed by atoms with Crippen LogP contribution in [0.2, 0.25) is 0 Å². The van der Waals surface area contributed by atoms with Crippen LogP contribution in [0.25, 0.3) is 0 Å². The Morgan fingerprint density at radius 3 is 2.48 bits per heavy atom. The van der Waals surface area contributed by atoms with Crippen LogP contribution in [0, 0.1) is 5.92 Å². The smallest absolute Gasteiger partial charge is 0.256 e. The standard InChI is InChI=1S/C15H23N3O2S/c1-5-9(19)12-11(16)10(13(20)17-4)14(21-12)18-15(2,3)8-6-7-8/h8,18H,5-7,16H2,1-4H3,(H,17,20). The van der Waals surface area contributed by atoms with Gasteiger partial charge < -0.3 is 16.4 Å². The number of rotatable bonds is 6. The lowest BCUT2D eigenvalue weighted by Gasteiger charge is -2.27. The molecule has 1 saturated carbocycles. The number of nitrogens with one attached hydrogen (secondary N) is 2. The van der Waals surface area contributed by atoms with E-state index in [0.29, 0.717) is 33.5 Å². The van der Waals surface area contributed by atoms with Gasteiger partial charge in [0.15, 0.2) is 5.78 Å². The van der Waals surface area contributed by atoms with Crippen molar-refractivity contribution in [2.75, 3.05) is 18.1 Å². The van der Waals surface area contributed by atoms with Crippen LogP contribution in [0.15, 0.2) is 0 Å². The van der Waals surface area contributed by atoms with E-state index >= 15 is 0 Å². The Balaban J connectivity index is 2.42. The summed E-state index contributed by atoms with van der Waals surface area (Å²) in [6, 6.07) is 0. The van der Waals surface area contributed by atoms with Gasteiger partial charge >= 0.3 is 0 Å². The molecule has 21 heavy (non-hydrogen) atoms. The van der Waals surface area contributed by atoms with E-state index in [1.54, 1.807) is 14.0 Å². The van der Waals surface area contributed by atoms with Crippen molar-refractivity contribution < 1.29 is 9.59 Å². The molecule has 1 fully saturated rings. The third-order valence-corrected chi connectivity index (χ3v) is 5.17. The van der Waals surface area contributed by atoms with Gasteiger partial charge in [0, 0.05) is 19.0 Å². The van der Waals surface area contributed by atoms with Gasteiger partial charge in [-0.25, -0.2) is 0 Å². The molecule has 1 heterocycles. The SMILES string of the molecule is CCC(=O)c1sc(NC(C)(C)C2CC2)c(C(=O)NC)c1N. The number of carbonyl (C=O) groups excluding carboxylic acids is 2. The second-order valence-electron chi connectivity index (χ2n) is 6.03. The fourth-order valence-corrected chi connectivity index (χ4v) is 3.74. The minimum Gasteiger partial charge on any atom is -0.397 e. The first-order valence-corrected chi connectivity index (χ1v) is 8.09. The quantitative estimate of drug-likeness (QED) is 0.705. The van der Waals surface area contributed by atoms with Crippen LogP contribution in [0.5, 0.6) is 0 Å². The van der Waals surface area contributed by atoms with Crippen molar-refractivity contribution in [1.29, 1.82) is 0 Å². The maximum absolute atomic E-state index is 12.1. The number of hydrogen-bond donors (Lipinski definition) is 3. The van der Waals surface area contributed by atoms with Gasteiger partial charge in [-0.2, -0.15) is 0 Å². The monoisotopic (exact) mass is 309 g/mol. The van der Waals surface area contributed by atoms with Crippen LogP contribution in [-0.2, 0) is 0 Å². The Morgan fingerprint density at radius 2 is 2.00 bits per heavy atom. The van der Waals surface area contributed by atoms with Crippen molar-refractivity contribution in [3.63, 3.8) is 0 Å². The molecular weight excluding hydrogens is 286 g/mol. The molecule has 0 spiro atoms. The van der Waals surface area contributed by atoms with Crippen LogP contribution in [0.1, 0.15) is 60.1 Å². The van der Waals surface area contributed by atoms with E-state index in [9.17, 15) is 9.59 Å². The summed E-state index contributed by atoms with van der Waals surface area (Å²) in [5, 5.41) is 6.72. The van der Waals surface area contributed by atoms with Crippen LogP contribution < -0.4 is 16.4 Å². The average Bonchev–Trinajstić information content (AvgIpc) is 3.24. The van der Waals surface area contributed by atoms with E-state index in [1.807, 2.05) is 0 Å². The summed E-state index contributed by atoms with van der Waals surface area (Å²) in [5.41, 5.74) is 6.64. The van der Waals surface area contributed by atoms with E-state index in [4.69, 9.17) is 5.73 Å². The van der Waals surface area contributed by atoms with Gasteiger partial charge in [0.05, 0.1) is 16.1 Å². The van der Waals surface area contributed by atoms with Crippen LogP contribution in [-0.4, -0.2) is 24.3 Å². The van der Waals surface area contributed by atoms with E-state index in [-0.39, 0.29) is 17.2 Å². The van der Waals surface area contributed by atoms with Crippen molar-refractivity contribution in [2.24, 2.45) is 5.92 Å². The van der Waals surface area contributed by atoms with E-state index in [0.717, 1.165) is 0 Å². The molecule has 4 N–H and O–H groups in total. The summed E-state index contributed by atoms with van der Waals surface area (Å²) < 4.78 is 0. The minimum atomic E-state index is -0.256. The third kappa shape index (κ3) is 3.05. The number of Topliss-reactive ketones (excluding diaryl/α,β-unsaturated/α-hetero) is 1. The highest BCUT2D eigenvalue weighted by Gasteiger charge is 2.39. The maximum atomic E-state index is 12.1. The van der Waals surface area contributed by atoms with Crippen molar-refractivity contribution >= 4 is 33.7 Å². The number of hydrogen-bond acceptors (Lipinski definition) is 5. The van der Waals surface area contributed by atoms with Crippen LogP contribution in [0.3, 0.4) is 0 Å². The molecule has 0 unspecified atom stereocenters. The molecule has 1 amide bonds. The highest BCUT2D eigenvalue weighted by molar-refractivity contribution is 7.19. The average molecular weight is 309 g/mol. The number of nitrogen functional groups attached to an aromatic ring is 1. The number of amides is 1. The lowest BCUT2D eigenvalue weighted by molar-refractivity contribution is 0.0964.